The Balaban J connectivity index is 2.41. The van der Waals surface area contributed by atoms with E-state index in [0.29, 0.717) is 5.92 Å². The number of anilines is 1. The second-order valence-electron chi connectivity index (χ2n) is 5.82. The van der Waals surface area contributed by atoms with Crippen molar-refractivity contribution in [2.45, 2.75) is 31.2 Å². The van der Waals surface area contributed by atoms with Gasteiger partial charge in [-0.3, -0.25) is 10.1 Å². The van der Waals surface area contributed by atoms with Crippen molar-refractivity contribution in [1.82, 2.24) is 0 Å². The van der Waals surface area contributed by atoms with E-state index in [0.717, 1.165) is 17.4 Å². The Morgan fingerprint density at radius 1 is 1.33 bits per heavy atom. The molecule has 1 aromatic heterocycles. The molecule has 1 atom stereocenters. The number of nitrogens with one attached hydrogen (secondary N) is 1. The lowest BCUT2D eigenvalue weighted by Crippen LogP contribution is -2.15. The highest BCUT2D eigenvalue weighted by molar-refractivity contribution is 7.89. The van der Waals surface area contributed by atoms with Gasteiger partial charge in [-0.1, -0.05) is 19.9 Å². The Hall–Kier alpha value is -1.97. The number of hydrogen-bond acceptors (Lipinski definition) is 6. The maximum atomic E-state index is 11.4. The number of nitrogens with zero attached hydrogens (tertiary/aromatic N) is 1. The molecule has 0 fully saturated rings. The molecule has 0 saturated heterocycles. The fraction of sp³-hybridized carbons (Fsp3) is 0.333. The van der Waals surface area contributed by atoms with Crippen LogP contribution in [0.15, 0.2) is 40.6 Å². The summed E-state index contributed by atoms with van der Waals surface area (Å²) in [5.74, 6) is 0.382. The number of hydrogen-bond donors (Lipinski definition) is 2. The van der Waals surface area contributed by atoms with Crippen LogP contribution in [0, 0.1) is 16.0 Å². The maximum absolute atomic E-state index is 11.4. The fourth-order valence-electron chi connectivity index (χ4n) is 2.36. The highest BCUT2D eigenvalue weighted by Crippen LogP contribution is 2.34. The van der Waals surface area contributed by atoms with Gasteiger partial charge in [0.25, 0.3) is 5.69 Å². The largest absolute Gasteiger partial charge is 0.372 e. The third-order valence-electron chi connectivity index (χ3n) is 3.42. The lowest BCUT2D eigenvalue weighted by atomic mass is 10.0. The van der Waals surface area contributed by atoms with Crippen LogP contribution < -0.4 is 10.5 Å². The van der Waals surface area contributed by atoms with Crippen LogP contribution >= 0.6 is 11.3 Å². The van der Waals surface area contributed by atoms with E-state index in [1.165, 1.54) is 12.1 Å². The summed E-state index contributed by atoms with van der Waals surface area (Å²) < 4.78 is 22.8. The minimum Gasteiger partial charge on any atom is -0.372 e. The van der Waals surface area contributed by atoms with Crippen LogP contribution in [0.1, 0.15) is 31.2 Å². The average Bonchev–Trinajstić information content (AvgIpc) is 2.99. The SMILES string of the molecule is CC(C)CC(Nc1ccc(S(N)(=O)=O)cc1[N+](=O)[O-])c1cccs1. The third kappa shape index (κ3) is 4.53. The average molecular weight is 369 g/mol. The molecule has 0 bridgehead atoms. The maximum Gasteiger partial charge on any atom is 0.293 e. The zero-order valence-electron chi connectivity index (χ0n) is 13.3. The van der Waals surface area contributed by atoms with Crippen molar-refractivity contribution in [3.63, 3.8) is 0 Å². The van der Waals surface area contributed by atoms with Gasteiger partial charge in [-0.25, -0.2) is 13.6 Å². The van der Waals surface area contributed by atoms with Gasteiger partial charge in [-0.05, 0) is 35.9 Å². The van der Waals surface area contributed by atoms with Gasteiger partial charge in [-0.15, -0.1) is 11.3 Å². The standard InChI is InChI=1S/C15H19N3O4S2/c1-10(2)8-13(15-4-3-7-23-15)17-12-6-5-11(24(16,21)22)9-14(12)18(19)20/h3-7,9-10,13,17H,8H2,1-2H3,(H2,16,21,22). The summed E-state index contributed by atoms with van der Waals surface area (Å²) in [5.41, 5.74) is -0.0433. The van der Waals surface area contributed by atoms with E-state index in [-0.39, 0.29) is 22.3 Å². The minimum atomic E-state index is -4.00. The number of nitrogens with two attached hydrogens (primary N) is 1. The zero-order chi connectivity index (χ0) is 17.9. The van der Waals surface area contributed by atoms with E-state index in [1.807, 2.05) is 17.5 Å². The number of benzene rings is 1. The minimum absolute atomic E-state index is 0.0935. The molecule has 0 aliphatic heterocycles. The second-order valence-corrected chi connectivity index (χ2v) is 8.36. The molecule has 24 heavy (non-hydrogen) atoms. The lowest BCUT2D eigenvalue weighted by molar-refractivity contribution is -0.384. The van der Waals surface area contributed by atoms with E-state index >= 15 is 0 Å². The van der Waals surface area contributed by atoms with Gasteiger partial charge in [0, 0.05) is 10.9 Å². The highest BCUT2D eigenvalue weighted by atomic mass is 32.2. The Labute approximate surface area is 144 Å². The first-order valence-electron chi connectivity index (χ1n) is 7.29. The van der Waals surface area contributed by atoms with E-state index in [2.05, 4.69) is 19.2 Å². The van der Waals surface area contributed by atoms with E-state index in [9.17, 15) is 18.5 Å². The summed E-state index contributed by atoms with van der Waals surface area (Å²) >= 11 is 1.57. The van der Waals surface area contributed by atoms with Crippen LogP contribution in [0.2, 0.25) is 0 Å². The number of rotatable bonds is 7. The molecule has 1 heterocycles. The molecule has 1 aromatic carbocycles. The number of primary sulfonamides is 1. The molecule has 1 unspecified atom stereocenters. The van der Waals surface area contributed by atoms with Crippen molar-refractivity contribution in [2.75, 3.05) is 5.32 Å². The van der Waals surface area contributed by atoms with E-state index < -0.39 is 14.9 Å². The Bertz CT molecular complexity index is 817. The predicted octanol–water partition coefficient (Wildman–Crippen LogP) is 3.50. The van der Waals surface area contributed by atoms with Gasteiger partial charge in [0.2, 0.25) is 10.0 Å². The van der Waals surface area contributed by atoms with Crippen LogP contribution in [-0.4, -0.2) is 13.3 Å². The molecule has 9 heteroatoms. The number of nitro benzene ring substituents is 1. The topological polar surface area (TPSA) is 115 Å². The molecule has 2 aromatic rings. The summed E-state index contributed by atoms with van der Waals surface area (Å²) in [6.07, 6.45) is 0.786. The van der Waals surface area contributed by atoms with Crippen LogP contribution in [0.25, 0.3) is 0 Å². The summed E-state index contributed by atoms with van der Waals surface area (Å²) in [7, 11) is -4.00. The molecule has 0 saturated carbocycles. The normalized spacial score (nSPS) is 13.0. The zero-order valence-corrected chi connectivity index (χ0v) is 14.9. The summed E-state index contributed by atoms with van der Waals surface area (Å²) in [6.45, 7) is 4.14. The van der Waals surface area contributed by atoms with Crippen LogP contribution in [0.3, 0.4) is 0 Å². The van der Waals surface area contributed by atoms with Crippen molar-refractivity contribution < 1.29 is 13.3 Å². The van der Waals surface area contributed by atoms with E-state index in [1.54, 1.807) is 11.3 Å². The number of sulfonamides is 1. The third-order valence-corrected chi connectivity index (χ3v) is 5.31. The predicted molar refractivity (Wildman–Crippen MR) is 94.6 cm³/mol. The van der Waals surface area contributed by atoms with Crippen molar-refractivity contribution >= 4 is 32.7 Å². The van der Waals surface area contributed by atoms with Gasteiger partial charge in [0.05, 0.1) is 15.9 Å². The second kappa shape index (κ2) is 7.29. The number of thiophene rings is 1. The van der Waals surface area contributed by atoms with Crippen LogP contribution in [-0.2, 0) is 10.0 Å². The molecule has 0 aliphatic rings. The summed E-state index contributed by atoms with van der Waals surface area (Å²) in [4.78, 5) is 11.5. The first-order chi connectivity index (χ1) is 11.2. The summed E-state index contributed by atoms with van der Waals surface area (Å²) in [5, 5.41) is 21.5. The Morgan fingerprint density at radius 3 is 2.54 bits per heavy atom. The highest BCUT2D eigenvalue weighted by Gasteiger charge is 2.22. The van der Waals surface area contributed by atoms with Crippen LogP contribution in [0.4, 0.5) is 11.4 Å². The summed E-state index contributed by atoms with van der Waals surface area (Å²) in [6, 6.07) is 7.44. The first-order valence-corrected chi connectivity index (χ1v) is 9.72. The van der Waals surface area contributed by atoms with Crippen molar-refractivity contribution in [3.8, 4) is 0 Å². The van der Waals surface area contributed by atoms with E-state index in [4.69, 9.17) is 5.14 Å². The molecular formula is C15H19N3O4S2. The van der Waals surface area contributed by atoms with Gasteiger partial charge in [-0.2, -0.15) is 0 Å². The molecule has 7 nitrogen and oxygen atoms in total. The molecule has 0 aliphatic carbocycles. The smallest absolute Gasteiger partial charge is 0.293 e. The molecule has 0 spiro atoms. The van der Waals surface area contributed by atoms with Crippen LogP contribution in [0.5, 0.6) is 0 Å². The molecule has 0 amide bonds. The van der Waals surface area contributed by atoms with Gasteiger partial charge in [0.15, 0.2) is 0 Å². The van der Waals surface area contributed by atoms with Crippen molar-refractivity contribution in [3.05, 3.63) is 50.7 Å². The van der Waals surface area contributed by atoms with Crippen molar-refractivity contribution in [2.24, 2.45) is 11.1 Å². The van der Waals surface area contributed by atoms with Gasteiger partial charge in [0.1, 0.15) is 5.69 Å². The first kappa shape index (κ1) is 18.4. The van der Waals surface area contributed by atoms with Gasteiger partial charge < -0.3 is 5.32 Å². The Kier molecular flexibility index (Phi) is 5.58. The Morgan fingerprint density at radius 2 is 2.04 bits per heavy atom. The molecule has 3 N–H and O–H groups in total. The van der Waals surface area contributed by atoms with Crippen molar-refractivity contribution in [1.29, 1.82) is 0 Å². The monoisotopic (exact) mass is 369 g/mol. The molecule has 130 valence electrons. The van der Waals surface area contributed by atoms with Gasteiger partial charge >= 0.3 is 0 Å². The molecule has 0 radical (unpaired) electrons. The molecule has 2 rings (SSSR count). The lowest BCUT2D eigenvalue weighted by Gasteiger charge is -2.20. The molecular weight excluding hydrogens is 350 g/mol. The fourth-order valence-corrected chi connectivity index (χ4v) is 3.68. The quantitative estimate of drug-likeness (QED) is 0.572. The number of nitro groups is 1.